The molecule has 0 amide bonds. The number of hydrogen-bond donors (Lipinski definition) is 1. The van der Waals surface area contributed by atoms with E-state index in [1.807, 2.05) is 6.07 Å². The van der Waals surface area contributed by atoms with Gasteiger partial charge in [-0.05, 0) is 37.1 Å². The van der Waals surface area contributed by atoms with Crippen molar-refractivity contribution in [2.75, 3.05) is 4.72 Å². The first-order chi connectivity index (χ1) is 12.4. The topological polar surface area (TPSA) is 96.0 Å². The number of allylic oxidation sites excluding steroid dienone is 1. The zero-order valence-corrected chi connectivity index (χ0v) is 15.7. The molecular weight excluding hydrogens is 397 g/mol. The van der Waals surface area contributed by atoms with Crippen LogP contribution in [0.1, 0.15) is 18.1 Å². The van der Waals surface area contributed by atoms with Crippen LogP contribution in [0.2, 0.25) is 10.0 Å². The van der Waals surface area contributed by atoms with Gasteiger partial charge < -0.3 is 4.72 Å². The average molecular weight is 408 g/mol. The summed E-state index contributed by atoms with van der Waals surface area (Å²) in [5.41, 5.74) is 0.691. The van der Waals surface area contributed by atoms with Gasteiger partial charge in [0.2, 0.25) is 0 Å². The maximum absolute atomic E-state index is 12.0. The van der Waals surface area contributed by atoms with Crippen LogP contribution in [0.15, 0.2) is 41.8 Å². The van der Waals surface area contributed by atoms with Crippen molar-refractivity contribution in [3.63, 3.8) is 0 Å². The maximum Gasteiger partial charge on any atom is 0.294 e. The number of carbonyl (C=O) groups excluding carboxylic acids is 1. The van der Waals surface area contributed by atoms with E-state index in [0.717, 1.165) is 11.9 Å². The van der Waals surface area contributed by atoms with Crippen molar-refractivity contribution >= 4 is 57.9 Å². The maximum atomic E-state index is 12.0. The summed E-state index contributed by atoms with van der Waals surface area (Å²) in [6.45, 7) is 1.34. The van der Waals surface area contributed by atoms with Crippen molar-refractivity contribution < 1.29 is 9.72 Å². The molecule has 0 aliphatic heterocycles. The largest absolute Gasteiger partial charge is 0.319 e. The molecule has 0 radical (unpaired) electrons. The first-order valence-corrected chi connectivity index (χ1v) is 8.75. The number of Topliss-reactive ketones (excluding diaryl/α,β-unsaturated/α-hetero) is 1. The van der Waals surface area contributed by atoms with Gasteiger partial charge in [0.15, 0.2) is 5.78 Å². The molecule has 0 aliphatic rings. The van der Waals surface area contributed by atoms with Crippen LogP contribution < -0.4 is 4.72 Å². The van der Waals surface area contributed by atoms with Crippen LogP contribution in [0, 0.1) is 21.4 Å². The number of hydrogen-bond acceptors (Lipinski definition) is 6. The smallest absolute Gasteiger partial charge is 0.294 e. The Hall–Kier alpha value is -2.53. The molecule has 1 N–H and O–H groups in total. The fraction of sp³-hybridized carbons (Fsp3) is 0.0588. The van der Waals surface area contributed by atoms with E-state index in [4.69, 9.17) is 23.2 Å². The van der Waals surface area contributed by atoms with Gasteiger partial charge >= 0.3 is 0 Å². The molecule has 132 valence electrons. The lowest BCUT2D eigenvalue weighted by Crippen LogP contribution is -2.00. The van der Waals surface area contributed by atoms with Crippen molar-refractivity contribution in [3.05, 3.63) is 73.1 Å². The standard InChI is InChI=1S/C17H11Cl2N3O3S/c1-10(23)12(16-11(8-20)4-2-5-13(16)18)9-26-21-17-14(19)6-3-7-15(17)22(24)25/h2-7,9,21H,1H3. The molecule has 0 atom stereocenters. The number of nitriles is 1. The summed E-state index contributed by atoms with van der Waals surface area (Å²) in [7, 11) is 0. The van der Waals surface area contributed by atoms with Crippen molar-refractivity contribution in [2.45, 2.75) is 6.92 Å². The number of halogens is 2. The Balaban J connectivity index is 2.39. The monoisotopic (exact) mass is 407 g/mol. The van der Waals surface area contributed by atoms with Crippen molar-refractivity contribution in [3.8, 4) is 6.07 Å². The van der Waals surface area contributed by atoms with Gasteiger partial charge in [0, 0.05) is 27.6 Å². The number of nitro benzene ring substituents is 1. The van der Waals surface area contributed by atoms with Crippen LogP contribution in [-0.4, -0.2) is 10.7 Å². The molecule has 2 aromatic rings. The first kappa shape index (κ1) is 19.8. The average Bonchev–Trinajstić information content (AvgIpc) is 2.59. The highest BCUT2D eigenvalue weighted by atomic mass is 35.5. The minimum absolute atomic E-state index is 0.114. The summed E-state index contributed by atoms with van der Waals surface area (Å²) in [6, 6.07) is 11.0. The molecule has 6 nitrogen and oxygen atoms in total. The van der Waals surface area contributed by atoms with Crippen molar-refractivity contribution in [1.29, 1.82) is 5.26 Å². The second-order valence-corrected chi connectivity index (χ2v) is 6.46. The lowest BCUT2D eigenvalue weighted by molar-refractivity contribution is -0.383. The van der Waals surface area contributed by atoms with Crippen LogP contribution in [0.4, 0.5) is 11.4 Å². The molecule has 26 heavy (non-hydrogen) atoms. The summed E-state index contributed by atoms with van der Waals surface area (Å²) in [6.07, 6.45) is 0. The highest BCUT2D eigenvalue weighted by Gasteiger charge is 2.18. The minimum Gasteiger partial charge on any atom is -0.319 e. The van der Waals surface area contributed by atoms with Crippen LogP contribution in [0.5, 0.6) is 0 Å². The predicted octanol–water partition coefficient (Wildman–Crippen LogP) is 5.46. The second kappa shape index (κ2) is 8.72. The van der Waals surface area contributed by atoms with E-state index >= 15 is 0 Å². The third kappa shape index (κ3) is 4.35. The van der Waals surface area contributed by atoms with Gasteiger partial charge in [-0.3, -0.25) is 14.9 Å². The molecule has 0 heterocycles. The fourth-order valence-electron chi connectivity index (χ4n) is 2.12. The molecule has 0 spiro atoms. The van der Waals surface area contributed by atoms with E-state index in [9.17, 15) is 20.2 Å². The molecule has 9 heteroatoms. The number of rotatable bonds is 6. The van der Waals surface area contributed by atoms with Gasteiger partial charge in [0.05, 0.1) is 21.6 Å². The van der Waals surface area contributed by atoms with Gasteiger partial charge in [0.25, 0.3) is 5.69 Å². The number of anilines is 1. The van der Waals surface area contributed by atoms with Crippen molar-refractivity contribution in [2.24, 2.45) is 0 Å². The predicted molar refractivity (Wildman–Crippen MR) is 104 cm³/mol. The van der Waals surface area contributed by atoms with Crippen molar-refractivity contribution in [1.82, 2.24) is 0 Å². The van der Waals surface area contributed by atoms with E-state index in [-0.39, 0.29) is 38.3 Å². The Labute approximate surface area is 163 Å². The van der Waals surface area contributed by atoms with E-state index in [2.05, 4.69) is 4.72 Å². The molecule has 0 unspecified atom stereocenters. The molecule has 2 aromatic carbocycles. The third-order valence-corrected chi connectivity index (χ3v) is 4.61. The van der Waals surface area contributed by atoms with Crippen LogP contribution in [0.3, 0.4) is 0 Å². The number of nitrogens with zero attached hydrogens (tertiary/aromatic N) is 2. The number of nitrogens with one attached hydrogen (secondary N) is 1. The number of para-hydroxylation sites is 1. The van der Waals surface area contributed by atoms with E-state index in [1.54, 1.807) is 18.2 Å². The first-order valence-electron chi connectivity index (χ1n) is 7.11. The summed E-state index contributed by atoms with van der Waals surface area (Å²) >= 11 is 13.1. The highest BCUT2D eigenvalue weighted by molar-refractivity contribution is 8.03. The highest BCUT2D eigenvalue weighted by Crippen LogP contribution is 2.35. The second-order valence-electron chi connectivity index (χ2n) is 4.97. The van der Waals surface area contributed by atoms with Crippen LogP contribution in [-0.2, 0) is 4.79 Å². The van der Waals surface area contributed by atoms with Gasteiger partial charge in [-0.2, -0.15) is 5.26 Å². The molecule has 0 saturated heterocycles. The zero-order valence-electron chi connectivity index (χ0n) is 13.3. The zero-order chi connectivity index (χ0) is 19.3. The third-order valence-electron chi connectivity index (χ3n) is 3.31. The van der Waals surface area contributed by atoms with E-state index in [0.29, 0.717) is 5.56 Å². The van der Waals surface area contributed by atoms with E-state index in [1.165, 1.54) is 30.5 Å². The summed E-state index contributed by atoms with van der Waals surface area (Å²) < 4.78 is 2.76. The summed E-state index contributed by atoms with van der Waals surface area (Å²) in [4.78, 5) is 22.6. The van der Waals surface area contributed by atoms with Crippen LogP contribution >= 0.6 is 35.1 Å². The Bertz CT molecular complexity index is 955. The Morgan fingerprint density at radius 2 is 1.92 bits per heavy atom. The fourth-order valence-corrected chi connectivity index (χ4v) is 3.46. The molecule has 0 aliphatic carbocycles. The summed E-state index contributed by atoms with van der Waals surface area (Å²) in [5, 5.41) is 22.2. The molecule has 0 aromatic heterocycles. The SMILES string of the molecule is CC(=O)C(=CSNc1c(Cl)cccc1[N+](=O)[O-])c1c(Cl)cccc1C#N. The Kier molecular flexibility index (Phi) is 6.64. The number of nitro groups is 1. The lowest BCUT2D eigenvalue weighted by atomic mass is 9.99. The van der Waals surface area contributed by atoms with Crippen LogP contribution in [0.25, 0.3) is 5.57 Å². The number of benzene rings is 2. The molecule has 0 fully saturated rings. The number of carbonyl (C=O) groups is 1. The molecule has 2 rings (SSSR count). The van der Waals surface area contributed by atoms with Gasteiger partial charge in [-0.25, -0.2) is 0 Å². The Morgan fingerprint density at radius 3 is 2.54 bits per heavy atom. The Morgan fingerprint density at radius 1 is 1.27 bits per heavy atom. The van der Waals surface area contributed by atoms with Gasteiger partial charge in [0.1, 0.15) is 5.69 Å². The van der Waals surface area contributed by atoms with Gasteiger partial charge in [-0.15, -0.1) is 0 Å². The molecular formula is C17H11Cl2N3O3S. The van der Waals surface area contributed by atoms with Gasteiger partial charge in [-0.1, -0.05) is 35.3 Å². The molecule has 0 saturated carbocycles. The minimum atomic E-state index is -0.563. The van der Waals surface area contributed by atoms with E-state index < -0.39 is 4.92 Å². The molecule has 0 bridgehead atoms. The normalized spacial score (nSPS) is 10.9. The lowest BCUT2D eigenvalue weighted by Gasteiger charge is -2.10. The summed E-state index contributed by atoms with van der Waals surface area (Å²) in [5.74, 6) is -0.308. The quantitative estimate of drug-likeness (QED) is 0.295. The number of ketones is 1.